The second kappa shape index (κ2) is 3.41. The number of rotatable bonds is 0. The zero-order valence-corrected chi connectivity index (χ0v) is 11.0. The van der Waals surface area contributed by atoms with Crippen molar-refractivity contribution < 1.29 is 4.74 Å². The lowest BCUT2D eigenvalue weighted by Gasteiger charge is -2.28. The minimum atomic E-state index is -0.229. The summed E-state index contributed by atoms with van der Waals surface area (Å²) in [5, 5.41) is 2.50. The van der Waals surface area contributed by atoms with Crippen LogP contribution in [0.3, 0.4) is 0 Å². The van der Waals surface area contributed by atoms with E-state index in [1.54, 1.807) is 0 Å². The van der Waals surface area contributed by atoms with E-state index < -0.39 is 0 Å². The Hall–Kier alpha value is -2.22. The molecule has 0 amide bonds. The number of hydrogen-bond acceptors (Lipinski definition) is 1. The number of para-hydroxylation sites is 1. The van der Waals surface area contributed by atoms with Crippen molar-refractivity contribution in [2.75, 3.05) is 0 Å². The Morgan fingerprint density at radius 2 is 1.84 bits per heavy atom. The van der Waals surface area contributed by atoms with Crippen LogP contribution in [-0.4, -0.2) is 10.6 Å². The highest BCUT2D eigenvalue weighted by Crippen LogP contribution is 2.38. The summed E-state index contributed by atoms with van der Waals surface area (Å²) in [6.45, 7) is 4.15. The Bertz CT molecular complexity index is 824. The lowest BCUT2D eigenvalue weighted by molar-refractivity contribution is 0.159. The molecule has 2 heteroatoms. The first-order valence-corrected chi connectivity index (χ1v) is 6.56. The molecule has 0 atom stereocenters. The van der Waals surface area contributed by atoms with E-state index in [2.05, 4.69) is 67.4 Å². The van der Waals surface area contributed by atoms with Crippen LogP contribution in [0, 0.1) is 0 Å². The molecule has 0 saturated carbocycles. The molecule has 0 unspecified atom stereocenters. The van der Waals surface area contributed by atoms with Gasteiger partial charge >= 0.3 is 0 Å². The van der Waals surface area contributed by atoms with Gasteiger partial charge in [0.05, 0.1) is 0 Å². The number of ether oxygens (including phenoxy) is 1. The lowest BCUT2D eigenvalue weighted by Crippen LogP contribution is -2.27. The topological polar surface area (TPSA) is 25.0 Å². The van der Waals surface area contributed by atoms with Crippen LogP contribution in [0.15, 0.2) is 42.5 Å². The molecule has 1 aromatic heterocycles. The summed E-state index contributed by atoms with van der Waals surface area (Å²) in [6, 6.07) is 12.6. The number of nitrogens with one attached hydrogen (secondary N) is 1. The molecule has 0 bridgehead atoms. The third-order valence-corrected chi connectivity index (χ3v) is 3.70. The van der Waals surface area contributed by atoms with Crippen LogP contribution in [0.5, 0.6) is 5.75 Å². The second-order valence-electron chi connectivity index (χ2n) is 5.61. The van der Waals surface area contributed by atoms with Gasteiger partial charge < -0.3 is 9.72 Å². The molecule has 4 rings (SSSR count). The molecule has 1 aliphatic heterocycles. The first-order chi connectivity index (χ1) is 9.14. The summed E-state index contributed by atoms with van der Waals surface area (Å²) in [6.07, 6.45) is 4.30. The van der Waals surface area contributed by atoms with Gasteiger partial charge in [0.2, 0.25) is 0 Å². The maximum absolute atomic E-state index is 6.04. The van der Waals surface area contributed by atoms with Crippen molar-refractivity contribution in [1.82, 2.24) is 4.98 Å². The fourth-order valence-electron chi connectivity index (χ4n) is 2.81. The van der Waals surface area contributed by atoms with Crippen LogP contribution in [0.4, 0.5) is 0 Å². The van der Waals surface area contributed by atoms with E-state index >= 15 is 0 Å². The Kier molecular flexibility index (Phi) is 1.92. The van der Waals surface area contributed by atoms with Crippen molar-refractivity contribution in [2.45, 2.75) is 19.4 Å². The monoisotopic (exact) mass is 249 g/mol. The van der Waals surface area contributed by atoms with Gasteiger partial charge in [-0.15, -0.1) is 0 Å². The van der Waals surface area contributed by atoms with E-state index in [1.165, 1.54) is 21.9 Å². The molecular formula is C17H15NO. The predicted molar refractivity (Wildman–Crippen MR) is 79.5 cm³/mol. The third-order valence-electron chi connectivity index (χ3n) is 3.70. The summed E-state index contributed by atoms with van der Waals surface area (Å²) < 4.78 is 6.04. The SMILES string of the molecule is CC1(C)C=Cc2c(ccc3[nH]c4ccccc4c23)O1. The smallest absolute Gasteiger partial charge is 0.128 e. The minimum Gasteiger partial charge on any atom is -0.483 e. The summed E-state index contributed by atoms with van der Waals surface area (Å²) in [5.74, 6) is 0.963. The Balaban J connectivity index is 2.13. The van der Waals surface area contributed by atoms with Crippen LogP contribution in [0.25, 0.3) is 27.9 Å². The molecule has 0 aliphatic carbocycles. The molecule has 19 heavy (non-hydrogen) atoms. The number of hydrogen-bond donors (Lipinski definition) is 1. The summed E-state index contributed by atoms with van der Waals surface area (Å²) in [4.78, 5) is 3.46. The van der Waals surface area contributed by atoms with Gasteiger partial charge in [-0.3, -0.25) is 0 Å². The van der Waals surface area contributed by atoms with Crippen molar-refractivity contribution in [3.05, 3.63) is 48.0 Å². The number of benzene rings is 2. The molecule has 3 aromatic rings. The fourth-order valence-corrected chi connectivity index (χ4v) is 2.81. The molecule has 2 aromatic carbocycles. The number of fused-ring (bicyclic) bond motifs is 5. The highest BCUT2D eigenvalue weighted by molar-refractivity contribution is 6.12. The fraction of sp³-hybridized carbons (Fsp3) is 0.176. The molecule has 0 fully saturated rings. The van der Waals surface area contributed by atoms with E-state index in [4.69, 9.17) is 4.74 Å². The maximum atomic E-state index is 6.04. The Labute approximate surface area is 111 Å². The largest absolute Gasteiger partial charge is 0.483 e. The molecule has 94 valence electrons. The Morgan fingerprint density at radius 3 is 2.74 bits per heavy atom. The summed E-state index contributed by atoms with van der Waals surface area (Å²) in [5.41, 5.74) is 3.28. The summed E-state index contributed by atoms with van der Waals surface area (Å²) in [7, 11) is 0. The summed E-state index contributed by atoms with van der Waals surface area (Å²) >= 11 is 0. The van der Waals surface area contributed by atoms with Gasteiger partial charge in [-0.2, -0.15) is 0 Å². The van der Waals surface area contributed by atoms with Crippen molar-refractivity contribution in [1.29, 1.82) is 0 Å². The molecule has 1 aliphatic rings. The third kappa shape index (κ3) is 1.49. The van der Waals surface area contributed by atoms with Crippen LogP contribution in [-0.2, 0) is 0 Å². The van der Waals surface area contributed by atoms with E-state index in [0.29, 0.717) is 0 Å². The number of H-pyrrole nitrogens is 1. The van der Waals surface area contributed by atoms with Crippen molar-refractivity contribution in [3.8, 4) is 5.75 Å². The van der Waals surface area contributed by atoms with Gasteiger partial charge in [-0.05, 0) is 38.1 Å². The highest BCUT2D eigenvalue weighted by atomic mass is 16.5. The quantitative estimate of drug-likeness (QED) is 0.623. The maximum Gasteiger partial charge on any atom is 0.128 e. The van der Waals surface area contributed by atoms with Gasteiger partial charge in [0, 0.05) is 27.4 Å². The molecule has 1 N–H and O–H groups in total. The van der Waals surface area contributed by atoms with Gasteiger partial charge in [0.25, 0.3) is 0 Å². The standard InChI is InChI=1S/C17H15NO/c1-17(2)10-9-12-15(19-17)8-7-14-16(12)11-5-3-4-6-13(11)18-14/h3-10,18H,1-2H3. The van der Waals surface area contributed by atoms with Gasteiger partial charge in [0.15, 0.2) is 0 Å². The zero-order valence-electron chi connectivity index (χ0n) is 11.0. The molecule has 0 saturated heterocycles. The van der Waals surface area contributed by atoms with Gasteiger partial charge in [-0.1, -0.05) is 24.3 Å². The van der Waals surface area contributed by atoms with E-state index in [-0.39, 0.29) is 5.60 Å². The van der Waals surface area contributed by atoms with Crippen LogP contribution < -0.4 is 4.74 Å². The molecule has 0 spiro atoms. The molecule has 0 radical (unpaired) electrons. The number of aromatic amines is 1. The first-order valence-electron chi connectivity index (χ1n) is 6.56. The average molecular weight is 249 g/mol. The predicted octanol–water partition coefficient (Wildman–Crippen LogP) is 4.51. The average Bonchev–Trinajstić information content (AvgIpc) is 2.76. The van der Waals surface area contributed by atoms with Gasteiger partial charge in [0.1, 0.15) is 11.4 Å². The Morgan fingerprint density at radius 1 is 1.00 bits per heavy atom. The zero-order chi connectivity index (χ0) is 13.0. The van der Waals surface area contributed by atoms with E-state index in [1.807, 2.05) is 0 Å². The lowest BCUT2D eigenvalue weighted by atomic mass is 9.98. The van der Waals surface area contributed by atoms with Crippen LogP contribution >= 0.6 is 0 Å². The van der Waals surface area contributed by atoms with Crippen molar-refractivity contribution >= 4 is 27.9 Å². The molecule has 2 nitrogen and oxygen atoms in total. The van der Waals surface area contributed by atoms with Crippen LogP contribution in [0.2, 0.25) is 0 Å². The highest BCUT2D eigenvalue weighted by Gasteiger charge is 2.23. The minimum absolute atomic E-state index is 0.229. The van der Waals surface area contributed by atoms with E-state index in [0.717, 1.165) is 11.3 Å². The second-order valence-corrected chi connectivity index (χ2v) is 5.61. The molecule has 2 heterocycles. The molecular weight excluding hydrogens is 234 g/mol. The first kappa shape index (κ1) is 10.7. The number of aromatic nitrogens is 1. The van der Waals surface area contributed by atoms with Crippen LogP contribution in [0.1, 0.15) is 19.4 Å². The van der Waals surface area contributed by atoms with Gasteiger partial charge in [-0.25, -0.2) is 0 Å². The van der Waals surface area contributed by atoms with Crippen molar-refractivity contribution in [3.63, 3.8) is 0 Å². The normalized spacial score (nSPS) is 16.5. The van der Waals surface area contributed by atoms with E-state index in [9.17, 15) is 0 Å². The van der Waals surface area contributed by atoms with Crippen molar-refractivity contribution in [2.24, 2.45) is 0 Å².